The Balaban J connectivity index is 1.43. The van der Waals surface area contributed by atoms with Gasteiger partial charge in [0.25, 0.3) is 0 Å². The molecule has 0 N–H and O–H groups in total. The van der Waals surface area contributed by atoms with Crippen LogP contribution in [-0.4, -0.2) is 53.9 Å². The third-order valence-corrected chi connectivity index (χ3v) is 6.38. The summed E-state index contributed by atoms with van der Waals surface area (Å²) in [7, 11) is 2.12. The van der Waals surface area contributed by atoms with Crippen LogP contribution in [0.1, 0.15) is 48.6 Å². The summed E-state index contributed by atoms with van der Waals surface area (Å²) in [5.74, 6) is 0.572. The summed E-state index contributed by atoms with van der Waals surface area (Å²) in [6, 6.07) is 12.9. The zero-order valence-corrected chi connectivity index (χ0v) is 17.2. The number of rotatable bonds is 4. The summed E-state index contributed by atoms with van der Waals surface area (Å²) in [6.45, 7) is 3.62. The van der Waals surface area contributed by atoms with Crippen molar-refractivity contribution in [2.24, 2.45) is 5.92 Å². The molecule has 1 amide bonds. The molecule has 3 heterocycles. The molecule has 1 aromatic heterocycles. The summed E-state index contributed by atoms with van der Waals surface area (Å²) in [5, 5.41) is 0. The number of nitrogens with zero attached hydrogens (tertiary/aromatic N) is 3. The first-order chi connectivity index (χ1) is 14.1. The Kier molecular flexibility index (Phi) is 6.24. The molecule has 2 aliphatic rings. The number of hydrogen-bond acceptors (Lipinski definition) is 3. The van der Waals surface area contributed by atoms with Gasteiger partial charge in [-0.15, -0.1) is 0 Å². The molecule has 154 valence electrons. The highest BCUT2D eigenvalue weighted by molar-refractivity contribution is 5.79. The van der Waals surface area contributed by atoms with Crippen LogP contribution in [0.2, 0.25) is 0 Å². The fourth-order valence-electron chi connectivity index (χ4n) is 4.59. The summed E-state index contributed by atoms with van der Waals surface area (Å²) in [4.78, 5) is 22.2. The van der Waals surface area contributed by atoms with Gasteiger partial charge in [-0.05, 0) is 69.6 Å². The van der Waals surface area contributed by atoms with Gasteiger partial charge in [-0.1, -0.05) is 24.3 Å². The molecule has 2 saturated heterocycles. The highest BCUT2D eigenvalue weighted by Gasteiger charge is 2.31. The molecule has 0 spiro atoms. The molecule has 2 fully saturated rings. The van der Waals surface area contributed by atoms with Crippen molar-refractivity contribution < 1.29 is 9.18 Å². The number of piperidine rings is 2. The molecule has 2 aromatic rings. The lowest BCUT2D eigenvalue weighted by Gasteiger charge is -2.37. The normalized spacial score (nSPS) is 21.3. The van der Waals surface area contributed by atoms with Gasteiger partial charge >= 0.3 is 0 Å². The van der Waals surface area contributed by atoms with Crippen LogP contribution in [0.15, 0.2) is 42.5 Å². The first-order valence-electron chi connectivity index (χ1n) is 10.8. The number of halogens is 1. The maximum Gasteiger partial charge on any atom is 0.225 e. The van der Waals surface area contributed by atoms with Crippen molar-refractivity contribution in [1.82, 2.24) is 14.8 Å². The van der Waals surface area contributed by atoms with E-state index in [0.29, 0.717) is 17.9 Å². The number of carbonyl (C=O) groups is 1. The summed E-state index contributed by atoms with van der Waals surface area (Å²) >= 11 is 0. The smallest absolute Gasteiger partial charge is 0.225 e. The van der Waals surface area contributed by atoms with Crippen molar-refractivity contribution in [2.75, 3.05) is 33.2 Å². The number of likely N-dealkylation sites (tertiary alicyclic amines) is 2. The predicted molar refractivity (Wildman–Crippen MR) is 112 cm³/mol. The van der Waals surface area contributed by atoms with E-state index in [-0.39, 0.29) is 17.7 Å². The minimum Gasteiger partial charge on any atom is -0.342 e. The number of hydrogen-bond donors (Lipinski definition) is 0. The molecule has 4 rings (SSSR count). The number of carbonyl (C=O) groups excluding carboxylic acids is 1. The largest absolute Gasteiger partial charge is 0.342 e. The Morgan fingerprint density at radius 3 is 2.66 bits per heavy atom. The average molecular weight is 396 g/mol. The molecule has 0 aliphatic carbocycles. The van der Waals surface area contributed by atoms with Crippen molar-refractivity contribution in [3.63, 3.8) is 0 Å². The van der Waals surface area contributed by atoms with Gasteiger partial charge in [-0.3, -0.25) is 9.78 Å². The van der Waals surface area contributed by atoms with E-state index in [9.17, 15) is 9.18 Å². The standard InChI is InChI=1S/C24H30FN3O/c1-27-14-11-18(12-15-27)24(29)28-13-5-7-20(17-28)23-10-4-8-21(26-23)16-19-6-2-3-9-22(19)25/h2-4,6,8-10,18,20H,5,7,11-17H2,1H3. The van der Waals surface area contributed by atoms with Crippen LogP contribution in [0.25, 0.3) is 0 Å². The van der Waals surface area contributed by atoms with E-state index in [0.717, 1.165) is 63.3 Å². The topological polar surface area (TPSA) is 36.4 Å². The zero-order chi connectivity index (χ0) is 20.2. The van der Waals surface area contributed by atoms with E-state index >= 15 is 0 Å². The molecule has 1 aromatic carbocycles. The molecule has 0 bridgehead atoms. The fraction of sp³-hybridized carbons (Fsp3) is 0.500. The van der Waals surface area contributed by atoms with Gasteiger partial charge in [0.2, 0.25) is 5.91 Å². The number of benzene rings is 1. The first kappa shape index (κ1) is 20.0. The highest BCUT2D eigenvalue weighted by atomic mass is 19.1. The van der Waals surface area contributed by atoms with Gasteiger partial charge in [0, 0.05) is 42.7 Å². The van der Waals surface area contributed by atoms with Crippen molar-refractivity contribution in [2.45, 2.75) is 38.0 Å². The van der Waals surface area contributed by atoms with Crippen LogP contribution >= 0.6 is 0 Å². The monoisotopic (exact) mass is 395 g/mol. The Morgan fingerprint density at radius 1 is 1.07 bits per heavy atom. The van der Waals surface area contributed by atoms with Crippen molar-refractivity contribution in [1.29, 1.82) is 0 Å². The van der Waals surface area contributed by atoms with E-state index in [2.05, 4.69) is 22.9 Å². The summed E-state index contributed by atoms with van der Waals surface area (Å²) in [5.41, 5.74) is 2.57. The second-order valence-electron chi connectivity index (χ2n) is 8.52. The molecule has 1 unspecified atom stereocenters. The van der Waals surface area contributed by atoms with Crippen LogP contribution < -0.4 is 0 Å². The molecule has 5 heteroatoms. The molecular weight excluding hydrogens is 365 g/mol. The molecule has 0 saturated carbocycles. The Hall–Kier alpha value is -2.27. The average Bonchev–Trinajstić information content (AvgIpc) is 2.76. The molecule has 2 aliphatic heterocycles. The lowest BCUT2D eigenvalue weighted by molar-refractivity contribution is -0.138. The predicted octanol–water partition coefficient (Wildman–Crippen LogP) is 3.86. The quantitative estimate of drug-likeness (QED) is 0.789. The fourth-order valence-corrected chi connectivity index (χ4v) is 4.59. The van der Waals surface area contributed by atoms with E-state index in [1.54, 1.807) is 6.07 Å². The molecule has 1 atom stereocenters. The SMILES string of the molecule is CN1CCC(C(=O)N2CCCC(c3cccc(Cc4ccccc4F)n3)C2)CC1. The van der Waals surface area contributed by atoms with Gasteiger partial charge in [0.05, 0.1) is 0 Å². The third kappa shape index (κ3) is 4.84. The number of amides is 1. The maximum atomic E-state index is 14.0. The van der Waals surface area contributed by atoms with Crippen molar-refractivity contribution in [3.05, 3.63) is 65.2 Å². The van der Waals surface area contributed by atoms with E-state index < -0.39 is 0 Å². The minimum absolute atomic E-state index is 0.172. The molecule has 29 heavy (non-hydrogen) atoms. The second-order valence-corrected chi connectivity index (χ2v) is 8.52. The Morgan fingerprint density at radius 2 is 1.86 bits per heavy atom. The highest BCUT2D eigenvalue weighted by Crippen LogP contribution is 2.29. The molecular formula is C24H30FN3O. The molecule has 4 nitrogen and oxygen atoms in total. The van der Waals surface area contributed by atoms with E-state index in [4.69, 9.17) is 4.98 Å². The molecule has 0 radical (unpaired) electrons. The first-order valence-corrected chi connectivity index (χ1v) is 10.8. The number of aromatic nitrogens is 1. The van der Waals surface area contributed by atoms with E-state index in [1.807, 2.05) is 24.3 Å². The van der Waals surface area contributed by atoms with Crippen molar-refractivity contribution in [3.8, 4) is 0 Å². The lowest BCUT2D eigenvalue weighted by Crippen LogP contribution is -2.45. The number of pyridine rings is 1. The van der Waals surface area contributed by atoms with Crippen LogP contribution in [0, 0.1) is 11.7 Å². The zero-order valence-electron chi connectivity index (χ0n) is 17.2. The van der Waals surface area contributed by atoms with Crippen LogP contribution in [0.3, 0.4) is 0 Å². The second kappa shape index (κ2) is 9.04. The van der Waals surface area contributed by atoms with Gasteiger partial charge in [0.15, 0.2) is 0 Å². The Labute approximate surface area is 172 Å². The van der Waals surface area contributed by atoms with Crippen LogP contribution in [0.5, 0.6) is 0 Å². The van der Waals surface area contributed by atoms with Gasteiger partial charge in [-0.2, -0.15) is 0 Å². The van der Waals surface area contributed by atoms with Gasteiger partial charge in [0.1, 0.15) is 5.82 Å². The third-order valence-electron chi connectivity index (χ3n) is 6.38. The lowest BCUT2D eigenvalue weighted by atomic mass is 9.90. The Bertz CT molecular complexity index is 848. The summed E-state index contributed by atoms with van der Waals surface area (Å²) < 4.78 is 14.0. The van der Waals surface area contributed by atoms with Crippen molar-refractivity contribution >= 4 is 5.91 Å². The van der Waals surface area contributed by atoms with Gasteiger partial charge in [-0.25, -0.2) is 4.39 Å². The maximum absolute atomic E-state index is 14.0. The van der Waals surface area contributed by atoms with Gasteiger partial charge < -0.3 is 9.80 Å². The van der Waals surface area contributed by atoms with E-state index in [1.165, 1.54) is 6.07 Å². The van der Waals surface area contributed by atoms with Crippen LogP contribution in [0.4, 0.5) is 4.39 Å². The summed E-state index contributed by atoms with van der Waals surface area (Å²) in [6.07, 6.45) is 4.49. The minimum atomic E-state index is -0.188. The van der Waals surface area contributed by atoms with Crippen LogP contribution in [-0.2, 0) is 11.2 Å².